The summed E-state index contributed by atoms with van der Waals surface area (Å²) in [6.07, 6.45) is -8.53. The van der Waals surface area contributed by atoms with Crippen molar-refractivity contribution in [1.29, 1.82) is 0 Å². The number of aliphatic hydroxyl groups is 4. The summed E-state index contributed by atoms with van der Waals surface area (Å²) in [4.78, 5) is 24.4. The average molecular weight is 413 g/mol. The number of aliphatic hydroxyl groups excluding tert-OH is 4. The second-order valence-corrected chi connectivity index (χ2v) is 6.80. The molecule has 10 heteroatoms. The van der Waals surface area contributed by atoms with Gasteiger partial charge in [-0.2, -0.15) is 0 Å². The molecule has 162 valence electrons. The van der Waals surface area contributed by atoms with Crippen molar-refractivity contribution in [2.24, 2.45) is 0 Å². The van der Waals surface area contributed by atoms with Crippen molar-refractivity contribution in [1.82, 2.24) is 5.32 Å². The van der Waals surface area contributed by atoms with Crippen LogP contribution in [0.15, 0.2) is 30.3 Å². The molecule has 1 saturated heterocycles. The molecule has 10 nitrogen and oxygen atoms in total. The standard InChI is InChI=1S/C19H27NO9/c1-10(18(25)27-9-12-6-4-3-5-7-12)20-17(24)11(2)28-16-14(22)13(8-21)29-19(26)15(16)23/h3-7,10-11,13-16,19,21-23,26H,8-9H2,1-2H3,(H,20,24)/t10-,11?,13+,14+,15+,16-,19?/m0/s1. The van der Waals surface area contributed by atoms with Crippen LogP contribution < -0.4 is 5.32 Å². The van der Waals surface area contributed by atoms with E-state index in [0.29, 0.717) is 0 Å². The summed E-state index contributed by atoms with van der Waals surface area (Å²) in [5.41, 5.74) is 0.801. The molecule has 0 radical (unpaired) electrons. The molecule has 1 fully saturated rings. The van der Waals surface area contributed by atoms with Gasteiger partial charge in [-0.3, -0.25) is 4.79 Å². The highest BCUT2D eigenvalue weighted by atomic mass is 16.6. The van der Waals surface area contributed by atoms with Crippen molar-refractivity contribution in [2.45, 2.75) is 63.3 Å². The lowest BCUT2D eigenvalue weighted by molar-refractivity contribution is -0.298. The van der Waals surface area contributed by atoms with E-state index in [0.717, 1.165) is 5.56 Å². The summed E-state index contributed by atoms with van der Waals surface area (Å²) in [5.74, 6) is -1.33. The van der Waals surface area contributed by atoms with Crippen LogP contribution in [0.3, 0.4) is 0 Å². The van der Waals surface area contributed by atoms with Crippen LogP contribution in [-0.2, 0) is 30.4 Å². The van der Waals surface area contributed by atoms with E-state index in [2.05, 4.69) is 5.32 Å². The second kappa shape index (κ2) is 10.6. The summed E-state index contributed by atoms with van der Waals surface area (Å²) in [7, 11) is 0. The second-order valence-electron chi connectivity index (χ2n) is 6.80. The maximum Gasteiger partial charge on any atom is 0.328 e. The summed E-state index contributed by atoms with van der Waals surface area (Å²) in [6.45, 7) is 2.25. The Balaban J connectivity index is 1.86. The molecular formula is C19H27NO9. The zero-order chi connectivity index (χ0) is 21.6. The number of carbonyl (C=O) groups is 2. The molecule has 2 unspecified atom stereocenters. The molecule has 1 aliphatic rings. The van der Waals surface area contributed by atoms with Crippen LogP contribution in [0.25, 0.3) is 0 Å². The Morgan fingerprint density at radius 3 is 2.41 bits per heavy atom. The van der Waals surface area contributed by atoms with Crippen molar-refractivity contribution >= 4 is 11.9 Å². The van der Waals surface area contributed by atoms with Crippen LogP contribution in [0.2, 0.25) is 0 Å². The largest absolute Gasteiger partial charge is 0.459 e. The number of hydrogen-bond donors (Lipinski definition) is 5. The number of nitrogens with one attached hydrogen (secondary N) is 1. The number of esters is 1. The van der Waals surface area contributed by atoms with Crippen molar-refractivity contribution < 1.29 is 44.2 Å². The number of hydrogen-bond acceptors (Lipinski definition) is 9. The molecule has 29 heavy (non-hydrogen) atoms. The topological polar surface area (TPSA) is 155 Å². The van der Waals surface area contributed by atoms with Crippen LogP contribution in [0, 0.1) is 0 Å². The molecule has 0 bridgehead atoms. The van der Waals surface area contributed by atoms with Gasteiger partial charge in [0, 0.05) is 0 Å². The molecule has 7 atom stereocenters. The lowest BCUT2D eigenvalue weighted by Gasteiger charge is -2.40. The van der Waals surface area contributed by atoms with Gasteiger partial charge in [0.05, 0.1) is 6.61 Å². The number of amides is 1. The van der Waals surface area contributed by atoms with Gasteiger partial charge in [-0.1, -0.05) is 30.3 Å². The molecule has 1 aliphatic heterocycles. The third kappa shape index (κ3) is 6.20. The first-order valence-corrected chi connectivity index (χ1v) is 9.21. The molecule has 1 amide bonds. The maximum absolute atomic E-state index is 12.3. The zero-order valence-electron chi connectivity index (χ0n) is 16.2. The van der Waals surface area contributed by atoms with Gasteiger partial charge in [-0.15, -0.1) is 0 Å². The smallest absolute Gasteiger partial charge is 0.328 e. The Bertz CT molecular complexity index is 671. The predicted octanol–water partition coefficient (Wildman–Crippen LogP) is -1.56. The van der Waals surface area contributed by atoms with E-state index in [4.69, 9.17) is 14.2 Å². The van der Waals surface area contributed by atoms with Gasteiger partial charge in [0.2, 0.25) is 5.91 Å². The Labute approximate surface area is 168 Å². The molecule has 0 aromatic heterocycles. The van der Waals surface area contributed by atoms with Crippen LogP contribution in [0.5, 0.6) is 0 Å². The summed E-state index contributed by atoms with van der Waals surface area (Å²) in [5, 5.41) is 41.3. The van der Waals surface area contributed by atoms with E-state index >= 15 is 0 Å². The highest BCUT2D eigenvalue weighted by Gasteiger charge is 2.45. The third-order valence-corrected chi connectivity index (χ3v) is 4.51. The van der Waals surface area contributed by atoms with Gasteiger partial charge in [0.25, 0.3) is 0 Å². The Kier molecular flexibility index (Phi) is 8.50. The fourth-order valence-electron chi connectivity index (χ4n) is 2.77. The number of rotatable bonds is 8. The van der Waals surface area contributed by atoms with Crippen molar-refractivity contribution in [3.8, 4) is 0 Å². The van der Waals surface area contributed by atoms with Crippen molar-refractivity contribution in [3.05, 3.63) is 35.9 Å². The predicted molar refractivity (Wildman–Crippen MR) is 98.2 cm³/mol. The Hall–Kier alpha value is -2.08. The molecule has 0 aliphatic carbocycles. The van der Waals surface area contributed by atoms with E-state index in [1.165, 1.54) is 13.8 Å². The SMILES string of the molecule is CC(O[C@H]1[C@H](O)[C@@H](CO)OC(O)[C@@H]1O)C(=O)N[C@@H](C)C(=O)OCc1ccccc1. The van der Waals surface area contributed by atoms with Crippen molar-refractivity contribution in [2.75, 3.05) is 6.61 Å². The minimum atomic E-state index is -1.69. The van der Waals surface area contributed by atoms with Gasteiger partial charge in [-0.05, 0) is 19.4 Å². The van der Waals surface area contributed by atoms with E-state index in [1.807, 2.05) is 18.2 Å². The summed E-state index contributed by atoms with van der Waals surface area (Å²) < 4.78 is 15.4. The van der Waals surface area contributed by atoms with Gasteiger partial charge in [-0.25, -0.2) is 4.79 Å². The maximum atomic E-state index is 12.3. The quantitative estimate of drug-likeness (QED) is 0.318. The molecule has 0 spiro atoms. The molecule has 1 aromatic carbocycles. The first-order valence-electron chi connectivity index (χ1n) is 9.21. The van der Waals surface area contributed by atoms with Gasteiger partial charge < -0.3 is 40.0 Å². The molecule has 1 heterocycles. The molecule has 0 saturated carbocycles. The average Bonchev–Trinajstić information content (AvgIpc) is 2.72. The van der Waals surface area contributed by atoms with E-state index in [1.54, 1.807) is 12.1 Å². The monoisotopic (exact) mass is 413 g/mol. The van der Waals surface area contributed by atoms with E-state index < -0.39 is 61.3 Å². The molecule has 2 rings (SSSR count). The summed E-state index contributed by atoms with van der Waals surface area (Å²) >= 11 is 0. The normalized spacial score (nSPS) is 29.0. The summed E-state index contributed by atoms with van der Waals surface area (Å²) in [6, 6.07) is 8.09. The molecule has 5 N–H and O–H groups in total. The first kappa shape index (κ1) is 23.2. The van der Waals surface area contributed by atoms with E-state index in [9.17, 15) is 30.0 Å². The van der Waals surface area contributed by atoms with Crippen molar-refractivity contribution in [3.63, 3.8) is 0 Å². The zero-order valence-corrected chi connectivity index (χ0v) is 16.2. The van der Waals surface area contributed by atoms with Crippen LogP contribution in [0.1, 0.15) is 19.4 Å². The minimum Gasteiger partial charge on any atom is -0.459 e. The first-order chi connectivity index (χ1) is 13.7. The Morgan fingerprint density at radius 2 is 1.79 bits per heavy atom. The van der Waals surface area contributed by atoms with Crippen LogP contribution >= 0.6 is 0 Å². The van der Waals surface area contributed by atoms with Gasteiger partial charge >= 0.3 is 5.97 Å². The fraction of sp³-hybridized carbons (Fsp3) is 0.579. The van der Waals surface area contributed by atoms with Gasteiger partial charge in [0.15, 0.2) is 6.29 Å². The highest BCUT2D eigenvalue weighted by Crippen LogP contribution is 2.23. The van der Waals surface area contributed by atoms with Gasteiger partial charge in [0.1, 0.15) is 43.2 Å². The highest BCUT2D eigenvalue weighted by molar-refractivity contribution is 5.86. The number of benzene rings is 1. The van der Waals surface area contributed by atoms with E-state index in [-0.39, 0.29) is 6.61 Å². The number of ether oxygens (including phenoxy) is 3. The third-order valence-electron chi connectivity index (χ3n) is 4.51. The van der Waals surface area contributed by atoms with Crippen LogP contribution in [-0.4, -0.2) is 81.8 Å². The van der Waals surface area contributed by atoms with Crippen LogP contribution in [0.4, 0.5) is 0 Å². The lowest BCUT2D eigenvalue weighted by atomic mass is 9.99. The number of carbonyl (C=O) groups excluding carboxylic acids is 2. The molecular weight excluding hydrogens is 386 g/mol. The lowest BCUT2D eigenvalue weighted by Crippen LogP contribution is -2.60. The molecule has 1 aromatic rings. The Morgan fingerprint density at radius 1 is 1.14 bits per heavy atom. The minimum absolute atomic E-state index is 0.0623. The fourth-order valence-corrected chi connectivity index (χ4v) is 2.77.